The highest BCUT2D eigenvalue weighted by Crippen LogP contribution is 2.32. The van der Waals surface area contributed by atoms with E-state index in [0.29, 0.717) is 11.1 Å². The van der Waals surface area contributed by atoms with Crippen LogP contribution in [0.25, 0.3) is 0 Å². The second-order valence-electron chi connectivity index (χ2n) is 5.46. The average molecular weight is 359 g/mol. The van der Waals surface area contributed by atoms with Gasteiger partial charge in [-0.05, 0) is 35.7 Å². The van der Waals surface area contributed by atoms with Crippen LogP contribution in [0.2, 0.25) is 0 Å². The van der Waals surface area contributed by atoms with Gasteiger partial charge in [-0.1, -0.05) is 18.2 Å². The van der Waals surface area contributed by atoms with Crippen molar-refractivity contribution in [3.05, 3.63) is 53.1 Å². The number of phenolic OH excluding ortho intramolecular Hbond substituents is 2. The number of aromatic hydroxyl groups is 2. The van der Waals surface area contributed by atoms with Crippen LogP contribution in [0, 0.1) is 11.3 Å². The lowest BCUT2D eigenvalue weighted by Crippen LogP contribution is -2.29. The summed E-state index contributed by atoms with van der Waals surface area (Å²) in [5.41, 5.74) is 1.31. The fraction of sp³-hybridized carbons (Fsp3) is 0.125. The molecule has 3 N–H and O–H groups in total. The predicted octanol–water partition coefficient (Wildman–Crippen LogP) is 0.741. The molecule has 8 nitrogen and oxygen atoms in total. The highest BCUT2D eigenvalue weighted by molar-refractivity contribution is 7.92. The first-order valence-electron chi connectivity index (χ1n) is 7.18. The van der Waals surface area contributed by atoms with Crippen molar-refractivity contribution in [2.24, 2.45) is 0 Å². The Kier molecular flexibility index (Phi) is 3.98. The van der Waals surface area contributed by atoms with E-state index in [9.17, 15) is 23.4 Å². The molecule has 0 bridgehead atoms. The van der Waals surface area contributed by atoms with Gasteiger partial charge in [0, 0.05) is 0 Å². The maximum atomic E-state index is 11.8. The molecule has 25 heavy (non-hydrogen) atoms. The van der Waals surface area contributed by atoms with Gasteiger partial charge in [-0.25, -0.2) is 9.03 Å². The first-order chi connectivity index (χ1) is 11.8. The van der Waals surface area contributed by atoms with Gasteiger partial charge >= 0.3 is 10.2 Å². The Bertz CT molecular complexity index is 1010. The van der Waals surface area contributed by atoms with Gasteiger partial charge in [-0.2, -0.15) is 13.7 Å². The minimum Gasteiger partial charge on any atom is -0.507 e. The number of hydrogen-bond donors (Lipinski definition) is 3. The number of amides is 1. The lowest BCUT2D eigenvalue weighted by atomic mass is 9.99. The Morgan fingerprint density at radius 2 is 1.96 bits per heavy atom. The van der Waals surface area contributed by atoms with Gasteiger partial charge in [0.1, 0.15) is 24.1 Å². The third kappa shape index (κ3) is 3.07. The van der Waals surface area contributed by atoms with Gasteiger partial charge in [0.05, 0.1) is 11.3 Å². The molecule has 0 aromatic heterocycles. The molecule has 0 atom stereocenters. The van der Waals surface area contributed by atoms with E-state index in [1.54, 1.807) is 18.2 Å². The van der Waals surface area contributed by atoms with Gasteiger partial charge in [-0.3, -0.25) is 4.79 Å². The quantitative estimate of drug-likeness (QED) is 0.741. The molecule has 1 fully saturated rings. The summed E-state index contributed by atoms with van der Waals surface area (Å²) < 4.78 is 26.3. The number of carbonyl (C=O) groups excluding carboxylic acids is 1. The number of nitriles is 1. The molecular formula is C16H13N3O5S. The molecule has 2 aromatic carbocycles. The maximum Gasteiger partial charge on any atom is 0.326 e. The Balaban J connectivity index is 1.93. The van der Waals surface area contributed by atoms with Crippen LogP contribution in [0.4, 0.5) is 5.69 Å². The predicted molar refractivity (Wildman–Crippen MR) is 88.1 cm³/mol. The maximum absolute atomic E-state index is 11.8. The van der Waals surface area contributed by atoms with Gasteiger partial charge in [0.25, 0.3) is 5.91 Å². The minimum absolute atomic E-state index is 0.0153. The molecular weight excluding hydrogens is 346 g/mol. The minimum atomic E-state index is -4.00. The molecule has 0 radical (unpaired) electrons. The molecule has 9 heteroatoms. The van der Waals surface area contributed by atoms with Crippen LogP contribution in [0.5, 0.6) is 11.5 Å². The molecule has 0 spiro atoms. The molecule has 1 aliphatic rings. The van der Waals surface area contributed by atoms with Gasteiger partial charge in [-0.15, -0.1) is 0 Å². The summed E-state index contributed by atoms with van der Waals surface area (Å²) in [6.45, 7) is -0.402. The van der Waals surface area contributed by atoms with Crippen molar-refractivity contribution in [3.63, 3.8) is 0 Å². The van der Waals surface area contributed by atoms with Gasteiger partial charge in [0.2, 0.25) is 0 Å². The Morgan fingerprint density at radius 1 is 1.20 bits per heavy atom. The molecule has 2 aromatic rings. The van der Waals surface area contributed by atoms with Crippen LogP contribution in [0.15, 0.2) is 36.4 Å². The van der Waals surface area contributed by atoms with E-state index < -0.39 is 22.7 Å². The fourth-order valence-corrected chi connectivity index (χ4v) is 3.80. The number of nitrogens with zero attached hydrogens (tertiary/aromatic N) is 2. The summed E-state index contributed by atoms with van der Waals surface area (Å²) in [5.74, 6) is -1.12. The summed E-state index contributed by atoms with van der Waals surface area (Å²) in [5, 5.41) is 29.0. The zero-order chi connectivity index (χ0) is 18.2. The third-order valence-electron chi connectivity index (χ3n) is 3.76. The van der Waals surface area contributed by atoms with Crippen molar-refractivity contribution in [1.82, 2.24) is 4.72 Å². The molecule has 0 saturated carbocycles. The van der Waals surface area contributed by atoms with Crippen LogP contribution in [-0.2, 0) is 21.4 Å². The smallest absolute Gasteiger partial charge is 0.326 e. The molecule has 3 rings (SSSR count). The van der Waals surface area contributed by atoms with E-state index in [1.807, 2.05) is 10.8 Å². The summed E-state index contributed by atoms with van der Waals surface area (Å²) >= 11 is 0. The highest BCUT2D eigenvalue weighted by atomic mass is 32.2. The van der Waals surface area contributed by atoms with Crippen LogP contribution in [0.1, 0.15) is 16.7 Å². The monoisotopic (exact) mass is 359 g/mol. The molecule has 0 aliphatic carbocycles. The fourth-order valence-electron chi connectivity index (χ4n) is 2.63. The molecule has 1 amide bonds. The second kappa shape index (κ2) is 5.99. The largest absolute Gasteiger partial charge is 0.507 e. The van der Waals surface area contributed by atoms with Crippen molar-refractivity contribution >= 4 is 21.8 Å². The van der Waals surface area contributed by atoms with Crippen LogP contribution >= 0.6 is 0 Å². The molecule has 0 unspecified atom stereocenters. The second-order valence-corrected chi connectivity index (χ2v) is 7.05. The number of carbonyl (C=O) groups is 1. The van der Waals surface area contributed by atoms with Crippen molar-refractivity contribution < 1.29 is 23.4 Å². The standard InChI is InChI=1S/C16H13N3O5S/c17-8-12-11(2-1-3-14(12)20)6-10-4-5-13(15(21)7-10)19-9-16(22)18-25(19,23)24/h1-5,7,20-21H,6,9H2,(H,18,22). The number of hydrogen-bond acceptors (Lipinski definition) is 6. The molecule has 1 saturated heterocycles. The molecule has 1 heterocycles. The normalized spacial score (nSPS) is 15.6. The van der Waals surface area contributed by atoms with Gasteiger partial charge < -0.3 is 10.2 Å². The Hall–Kier alpha value is -3.25. The lowest BCUT2D eigenvalue weighted by molar-refractivity contribution is -0.117. The van der Waals surface area contributed by atoms with E-state index in [1.165, 1.54) is 18.2 Å². The zero-order valence-electron chi connectivity index (χ0n) is 12.8. The number of phenols is 2. The van der Waals surface area contributed by atoms with Crippen LogP contribution in [0.3, 0.4) is 0 Å². The van der Waals surface area contributed by atoms with Crippen LogP contribution < -0.4 is 9.03 Å². The van der Waals surface area contributed by atoms with Crippen molar-refractivity contribution in [3.8, 4) is 17.6 Å². The lowest BCUT2D eigenvalue weighted by Gasteiger charge is -2.17. The molecule has 128 valence electrons. The topological polar surface area (TPSA) is 131 Å². The van der Waals surface area contributed by atoms with Gasteiger partial charge in [0.15, 0.2) is 0 Å². The summed E-state index contributed by atoms with van der Waals surface area (Å²) in [6.07, 6.45) is 0.259. The summed E-state index contributed by atoms with van der Waals surface area (Å²) in [4.78, 5) is 11.3. The summed E-state index contributed by atoms with van der Waals surface area (Å²) in [7, 11) is -4.00. The van der Waals surface area contributed by atoms with E-state index in [4.69, 9.17) is 5.26 Å². The van der Waals surface area contributed by atoms with Crippen LogP contribution in [-0.4, -0.2) is 31.1 Å². The van der Waals surface area contributed by atoms with E-state index in [2.05, 4.69) is 0 Å². The number of nitrogens with one attached hydrogen (secondary N) is 1. The number of benzene rings is 2. The van der Waals surface area contributed by atoms with Crippen molar-refractivity contribution in [2.75, 3.05) is 10.8 Å². The first kappa shape index (κ1) is 16.6. The first-order valence-corrected chi connectivity index (χ1v) is 8.62. The van der Waals surface area contributed by atoms with E-state index >= 15 is 0 Å². The summed E-state index contributed by atoms with van der Waals surface area (Å²) in [6, 6.07) is 10.9. The average Bonchev–Trinajstić information content (AvgIpc) is 2.80. The van der Waals surface area contributed by atoms with E-state index in [0.717, 1.165) is 4.31 Å². The SMILES string of the molecule is N#Cc1c(O)cccc1Cc1ccc(N2CC(=O)NS2(=O)=O)c(O)c1. The van der Waals surface area contributed by atoms with Crippen molar-refractivity contribution in [1.29, 1.82) is 5.26 Å². The Labute approximate surface area is 143 Å². The number of anilines is 1. The third-order valence-corrected chi connectivity index (χ3v) is 5.16. The van der Waals surface area contributed by atoms with Crippen molar-refractivity contribution in [2.45, 2.75) is 6.42 Å². The number of rotatable bonds is 3. The van der Waals surface area contributed by atoms with E-state index in [-0.39, 0.29) is 29.2 Å². The zero-order valence-corrected chi connectivity index (χ0v) is 13.6. The highest BCUT2D eigenvalue weighted by Gasteiger charge is 2.35. The Morgan fingerprint density at radius 3 is 2.56 bits per heavy atom. The molecule has 1 aliphatic heterocycles.